The highest BCUT2D eigenvalue weighted by Gasteiger charge is 2.40. The van der Waals surface area contributed by atoms with Crippen molar-refractivity contribution in [2.24, 2.45) is 0 Å². The molecule has 1 atom stereocenters. The summed E-state index contributed by atoms with van der Waals surface area (Å²) in [5, 5.41) is 0. The Kier molecular flexibility index (Phi) is 4.12. The molecule has 1 aromatic carbocycles. The average molecular weight is 319 g/mol. The molecular formula is C16H18FN3O3. The number of rotatable bonds is 2. The quantitative estimate of drug-likeness (QED) is 0.738. The maximum absolute atomic E-state index is 12.9. The number of likely N-dealkylation sites (tertiary alicyclic amines) is 1. The Labute approximate surface area is 133 Å². The van der Waals surface area contributed by atoms with Gasteiger partial charge in [0.05, 0.1) is 12.5 Å². The van der Waals surface area contributed by atoms with E-state index < -0.39 is 6.04 Å². The summed E-state index contributed by atoms with van der Waals surface area (Å²) < 4.78 is 12.9. The Morgan fingerprint density at radius 3 is 2.22 bits per heavy atom. The fourth-order valence-corrected chi connectivity index (χ4v) is 3.03. The highest BCUT2D eigenvalue weighted by Crippen LogP contribution is 2.19. The van der Waals surface area contributed by atoms with Crippen molar-refractivity contribution in [1.82, 2.24) is 14.7 Å². The van der Waals surface area contributed by atoms with Crippen LogP contribution in [-0.4, -0.2) is 71.7 Å². The molecule has 2 aliphatic heterocycles. The minimum atomic E-state index is -0.407. The Bertz CT molecular complexity index is 638. The Balaban J connectivity index is 1.60. The fraction of sp³-hybridized carbons (Fsp3) is 0.438. The van der Waals surface area contributed by atoms with Gasteiger partial charge in [0.25, 0.3) is 5.91 Å². The van der Waals surface area contributed by atoms with Crippen LogP contribution < -0.4 is 0 Å². The Hall–Kier alpha value is -2.28. The molecule has 0 N–H and O–H groups in total. The number of benzene rings is 1. The summed E-state index contributed by atoms with van der Waals surface area (Å²) in [6.07, 6.45) is 0.210. The van der Waals surface area contributed by atoms with Gasteiger partial charge in [0.2, 0.25) is 11.8 Å². The Morgan fingerprint density at radius 1 is 1.09 bits per heavy atom. The normalized spacial score (nSPS) is 22.8. The number of halogens is 1. The Morgan fingerprint density at radius 2 is 1.70 bits per heavy atom. The van der Waals surface area contributed by atoms with Gasteiger partial charge in [-0.3, -0.25) is 24.2 Å². The van der Waals surface area contributed by atoms with Gasteiger partial charge in [-0.25, -0.2) is 4.39 Å². The van der Waals surface area contributed by atoms with E-state index in [2.05, 4.69) is 0 Å². The second-order valence-corrected chi connectivity index (χ2v) is 5.85. The number of amides is 3. The molecule has 0 aromatic heterocycles. The lowest BCUT2D eigenvalue weighted by atomic mass is 10.1. The van der Waals surface area contributed by atoms with Crippen LogP contribution >= 0.6 is 0 Å². The third-order valence-corrected chi connectivity index (χ3v) is 4.49. The van der Waals surface area contributed by atoms with Crippen LogP contribution in [0.4, 0.5) is 4.39 Å². The number of carbonyl (C=O) groups excluding carboxylic acids is 3. The van der Waals surface area contributed by atoms with Crippen molar-refractivity contribution in [3.8, 4) is 0 Å². The first-order chi connectivity index (χ1) is 11.0. The van der Waals surface area contributed by atoms with Crippen LogP contribution in [0.2, 0.25) is 0 Å². The van der Waals surface area contributed by atoms with Gasteiger partial charge in [0.15, 0.2) is 0 Å². The van der Waals surface area contributed by atoms with Crippen LogP contribution in [0.15, 0.2) is 24.3 Å². The van der Waals surface area contributed by atoms with E-state index in [-0.39, 0.29) is 30.0 Å². The molecule has 0 radical (unpaired) electrons. The molecule has 0 saturated carbocycles. The zero-order valence-corrected chi connectivity index (χ0v) is 12.9. The van der Waals surface area contributed by atoms with Crippen LogP contribution in [-0.2, 0) is 9.59 Å². The molecule has 6 nitrogen and oxygen atoms in total. The minimum absolute atomic E-state index is 0.143. The summed E-state index contributed by atoms with van der Waals surface area (Å²) in [7, 11) is 1.50. The van der Waals surface area contributed by atoms with E-state index in [0.717, 1.165) is 0 Å². The van der Waals surface area contributed by atoms with Gasteiger partial charge < -0.3 is 4.90 Å². The third-order valence-electron chi connectivity index (χ3n) is 4.49. The molecule has 122 valence electrons. The van der Waals surface area contributed by atoms with Crippen molar-refractivity contribution >= 4 is 17.7 Å². The minimum Gasteiger partial charge on any atom is -0.336 e. The van der Waals surface area contributed by atoms with Crippen LogP contribution in [0.3, 0.4) is 0 Å². The summed E-state index contributed by atoms with van der Waals surface area (Å²) >= 11 is 0. The van der Waals surface area contributed by atoms with Crippen molar-refractivity contribution < 1.29 is 18.8 Å². The van der Waals surface area contributed by atoms with Crippen LogP contribution in [0, 0.1) is 5.82 Å². The highest BCUT2D eigenvalue weighted by atomic mass is 19.1. The van der Waals surface area contributed by atoms with Crippen LogP contribution in [0.25, 0.3) is 0 Å². The first kappa shape index (κ1) is 15.6. The third kappa shape index (κ3) is 2.96. The van der Waals surface area contributed by atoms with Crippen molar-refractivity contribution in [3.63, 3.8) is 0 Å². The number of imide groups is 1. The number of piperazine rings is 1. The molecule has 0 bridgehead atoms. The molecule has 2 aliphatic rings. The summed E-state index contributed by atoms with van der Waals surface area (Å²) in [5.41, 5.74) is 0.451. The largest absolute Gasteiger partial charge is 0.336 e. The molecule has 1 aromatic rings. The lowest BCUT2D eigenvalue weighted by Crippen LogP contribution is -2.53. The molecule has 3 amide bonds. The van der Waals surface area contributed by atoms with Gasteiger partial charge in [-0.15, -0.1) is 0 Å². The number of hydrogen-bond donors (Lipinski definition) is 0. The van der Waals surface area contributed by atoms with E-state index in [0.29, 0.717) is 31.7 Å². The molecule has 2 saturated heterocycles. The molecular weight excluding hydrogens is 301 g/mol. The highest BCUT2D eigenvalue weighted by molar-refractivity contribution is 6.05. The summed E-state index contributed by atoms with van der Waals surface area (Å²) in [6, 6.07) is 5.07. The van der Waals surface area contributed by atoms with E-state index in [9.17, 15) is 18.8 Å². The molecule has 0 spiro atoms. The van der Waals surface area contributed by atoms with E-state index in [1.165, 1.54) is 36.2 Å². The molecule has 0 aliphatic carbocycles. The first-order valence-electron chi connectivity index (χ1n) is 7.56. The predicted molar refractivity (Wildman–Crippen MR) is 80.1 cm³/mol. The average Bonchev–Trinajstić information content (AvgIpc) is 2.83. The SMILES string of the molecule is CN1C(=O)CC(N2CCN(C(=O)c3ccc(F)cc3)CC2)C1=O. The zero-order chi connectivity index (χ0) is 16.6. The van der Waals surface area contributed by atoms with Crippen molar-refractivity contribution in [3.05, 3.63) is 35.6 Å². The smallest absolute Gasteiger partial charge is 0.253 e. The van der Waals surface area contributed by atoms with Gasteiger partial charge in [0.1, 0.15) is 5.82 Å². The second kappa shape index (κ2) is 6.08. The van der Waals surface area contributed by atoms with Gasteiger partial charge in [-0.2, -0.15) is 0 Å². The summed E-state index contributed by atoms with van der Waals surface area (Å²) in [6.45, 7) is 2.06. The zero-order valence-electron chi connectivity index (χ0n) is 12.9. The van der Waals surface area contributed by atoms with Gasteiger partial charge >= 0.3 is 0 Å². The molecule has 3 rings (SSSR count). The van der Waals surface area contributed by atoms with E-state index in [1.807, 2.05) is 4.90 Å². The summed E-state index contributed by atoms with van der Waals surface area (Å²) in [4.78, 5) is 40.8. The number of carbonyl (C=O) groups is 3. The van der Waals surface area contributed by atoms with Gasteiger partial charge in [-0.05, 0) is 24.3 Å². The topological polar surface area (TPSA) is 60.9 Å². The lowest BCUT2D eigenvalue weighted by Gasteiger charge is -2.37. The number of nitrogens with zero attached hydrogens (tertiary/aromatic N) is 3. The van der Waals surface area contributed by atoms with Crippen molar-refractivity contribution in [2.75, 3.05) is 33.2 Å². The monoisotopic (exact) mass is 319 g/mol. The van der Waals surface area contributed by atoms with Gasteiger partial charge in [-0.1, -0.05) is 0 Å². The second-order valence-electron chi connectivity index (χ2n) is 5.85. The standard InChI is InChI=1S/C16H18FN3O3/c1-18-14(21)10-13(16(18)23)19-6-8-20(9-7-19)15(22)11-2-4-12(17)5-3-11/h2-5,13H,6-10H2,1H3. The molecule has 23 heavy (non-hydrogen) atoms. The lowest BCUT2D eigenvalue weighted by molar-refractivity contribution is -0.138. The number of likely N-dealkylation sites (N-methyl/N-ethyl adjacent to an activating group) is 1. The van der Waals surface area contributed by atoms with Crippen LogP contribution in [0.1, 0.15) is 16.8 Å². The molecule has 7 heteroatoms. The van der Waals surface area contributed by atoms with E-state index in [1.54, 1.807) is 4.90 Å². The van der Waals surface area contributed by atoms with E-state index >= 15 is 0 Å². The fourth-order valence-electron chi connectivity index (χ4n) is 3.03. The van der Waals surface area contributed by atoms with Gasteiger partial charge in [0, 0.05) is 38.8 Å². The van der Waals surface area contributed by atoms with Crippen LogP contribution in [0.5, 0.6) is 0 Å². The number of hydrogen-bond acceptors (Lipinski definition) is 4. The summed E-state index contributed by atoms with van der Waals surface area (Å²) in [5.74, 6) is -0.853. The predicted octanol–water partition coefficient (Wildman–Crippen LogP) is 0.341. The molecule has 2 fully saturated rings. The van der Waals surface area contributed by atoms with Crippen molar-refractivity contribution in [2.45, 2.75) is 12.5 Å². The van der Waals surface area contributed by atoms with E-state index in [4.69, 9.17) is 0 Å². The van der Waals surface area contributed by atoms with Crippen molar-refractivity contribution in [1.29, 1.82) is 0 Å². The first-order valence-corrected chi connectivity index (χ1v) is 7.56. The maximum atomic E-state index is 12.9. The molecule has 2 heterocycles. The maximum Gasteiger partial charge on any atom is 0.253 e. The molecule has 1 unspecified atom stereocenters.